The third-order valence-electron chi connectivity index (χ3n) is 3.73. The van der Waals surface area contributed by atoms with Crippen LogP contribution in [0.4, 0.5) is 0 Å². The first kappa shape index (κ1) is 13.8. The van der Waals surface area contributed by atoms with E-state index in [9.17, 15) is 4.79 Å². The highest BCUT2D eigenvalue weighted by Crippen LogP contribution is 2.46. The number of hydrogen-bond acceptors (Lipinski definition) is 3. The van der Waals surface area contributed by atoms with E-state index in [1.54, 1.807) is 7.11 Å². The van der Waals surface area contributed by atoms with Gasteiger partial charge in [0.25, 0.3) is 0 Å². The van der Waals surface area contributed by atoms with E-state index in [2.05, 4.69) is 0 Å². The molecule has 3 nitrogen and oxygen atoms in total. The zero-order valence-electron chi connectivity index (χ0n) is 10.6. The van der Waals surface area contributed by atoms with Crippen LogP contribution < -0.4 is 0 Å². The van der Waals surface area contributed by atoms with E-state index in [1.165, 1.54) is 7.11 Å². The van der Waals surface area contributed by atoms with Gasteiger partial charge in [-0.1, -0.05) is 6.92 Å². The quantitative estimate of drug-likeness (QED) is 0.569. The molecule has 0 bridgehead atoms. The average molecular weight is 249 g/mol. The van der Waals surface area contributed by atoms with E-state index in [1.807, 2.05) is 20.8 Å². The number of halogens is 1. The van der Waals surface area contributed by atoms with Gasteiger partial charge in [-0.15, -0.1) is 11.6 Å². The van der Waals surface area contributed by atoms with E-state index in [0.29, 0.717) is 0 Å². The molecule has 16 heavy (non-hydrogen) atoms. The van der Waals surface area contributed by atoms with Crippen LogP contribution in [0.2, 0.25) is 0 Å². The fraction of sp³-hybridized carbons (Fsp3) is 0.917. The predicted molar refractivity (Wildman–Crippen MR) is 63.5 cm³/mol. The maximum atomic E-state index is 11.8. The molecule has 1 aliphatic rings. The van der Waals surface area contributed by atoms with Gasteiger partial charge in [-0.2, -0.15) is 0 Å². The Hall–Kier alpha value is -0.280. The van der Waals surface area contributed by atoms with Gasteiger partial charge in [-0.3, -0.25) is 4.79 Å². The number of rotatable bonds is 3. The second kappa shape index (κ2) is 4.92. The van der Waals surface area contributed by atoms with Crippen molar-refractivity contribution in [2.24, 2.45) is 17.8 Å². The standard InChI is InChI=1S/C12H21ClO3/c1-7-9(15-4)6-8(12(2,3)13)10(7)11(14)16-5/h7-10H,6H2,1-5H3/t7-,8+,9+,10+/m0/s1. The molecule has 0 N–H and O–H groups in total. The number of hydrogen-bond donors (Lipinski definition) is 0. The van der Waals surface area contributed by atoms with E-state index in [4.69, 9.17) is 21.1 Å². The van der Waals surface area contributed by atoms with Crippen LogP contribution in [0.5, 0.6) is 0 Å². The number of carbonyl (C=O) groups is 1. The molecule has 0 aromatic rings. The summed E-state index contributed by atoms with van der Waals surface area (Å²) >= 11 is 6.36. The van der Waals surface area contributed by atoms with Crippen LogP contribution in [0.15, 0.2) is 0 Å². The predicted octanol–water partition coefficient (Wildman–Crippen LogP) is 2.46. The summed E-state index contributed by atoms with van der Waals surface area (Å²) in [6.45, 7) is 5.91. The van der Waals surface area contributed by atoms with Crippen LogP contribution in [-0.4, -0.2) is 31.2 Å². The largest absolute Gasteiger partial charge is 0.469 e. The Balaban J connectivity index is 2.94. The Kier molecular flexibility index (Phi) is 4.24. The maximum absolute atomic E-state index is 11.8. The molecule has 94 valence electrons. The molecule has 0 aromatic heterocycles. The van der Waals surface area contributed by atoms with Crippen LogP contribution >= 0.6 is 11.6 Å². The van der Waals surface area contributed by atoms with Crippen molar-refractivity contribution in [2.45, 2.75) is 38.2 Å². The van der Waals surface area contributed by atoms with Gasteiger partial charge in [0.15, 0.2) is 0 Å². The summed E-state index contributed by atoms with van der Waals surface area (Å²) in [4.78, 5) is 11.4. The van der Waals surface area contributed by atoms with Crippen LogP contribution in [0.25, 0.3) is 0 Å². The zero-order valence-corrected chi connectivity index (χ0v) is 11.4. The Morgan fingerprint density at radius 3 is 2.31 bits per heavy atom. The fourth-order valence-corrected chi connectivity index (χ4v) is 2.97. The lowest BCUT2D eigenvalue weighted by Gasteiger charge is -2.29. The molecule has 0 aromatic carbocycles. The van der Waals surface area contributed by atoms with Crippen molar-refractivity contribution in [1.82, 2.24) is 0 Å². The molecule has 0 aliphatic heterocycles. The molecule has 0 unspecified atom stereocenters. The molecule has 0 radical (unpaired) electrons. The maximum Gasteiger partial charge on any atom is 0.309 e. The molecule has 4 heteroatoms. The third kappa shape index (κ3) is 2.51. The van der Waals surface area contributed by atoms with Gasteiger partial charge in [0.05, 0.1) is 19.1 Å². The molecule has 0 saturated heterocycles. The zero-order chi connectivity index (χ0) is 12.5. The lowest BCUT2D eigenvalue weighted by Crippen LogP contribution is -2.35. The van der Waals surface area contributed by atoms with Gasteiger partial charge >= 0.3 is 5.97 Å². The highest BCUT2D eigenvalue weighted by atomic mass is 35.5. The monoisotopic (exact) mass is 248 g/mol. The van der Waals surface area contributed by atoms with E-state index >= 15 is 0 Å². The molecule has 0 spiro atoms. The summed E-state index contributed by atoms with van der Waals surface area (Å²) in [5.41, 5.74) is 0. The van der Waals surface area contributed by atoms with Crippen molar-refractivity contribution < 1.29 is 14.3 Å². The lowest BCUT2D eigenvalue weighted by atomic mass is 9.82. The second-order valence-electron chi connectivity index (χ2n) is 5.09. The Labute approximate surface area is 102 Å². The van der Waals surface area contributed by atoms with Gasteiger partial charge in [0.2, 0.25) is 0 Å². The molecule has 1 fully saturated rings. The van der Waals surface area contributed by atoms with Crippen LogP contribution in [0.3, 0.4) is 0 Å². The highest BCUT2D eigenvalue weighted by molar-refractivity contribution is 6.23. The van der Waals surface area contributed by atoms with E-state index in [-0.39, 0.29) is 29.8 Å². The van der Waals surface area contributed by atoms with Crippen LogP contribution in [0, 0.1) is 17.8 Å². The number of ether oxygens (including phenoxy) is 2. The summed E-state index contributed by atoms with van der Waals surface area (Å²) in [5, 5.41) is 0. The minimum absolute atomic E-state index is 0.0899. The molecular formula is C12H21ClO3. The normalized spacial score (nSPS) is 35.1. The second-order valence-corrected chi connectivity index (χ2v) is 6.06. The molecule has 0 heterocycles. The summed E-state index contributed by atoms with van der Waals surface area (Å²) in [6, 6.07) is 0. The third-order valence-corrected chi connectivity index (χ3v) is 4.01. The van der Waals surface area contributed by atoms with Gasteiger partial charge in [0, 0.05) is 12.0 Å². The van der Waals surface area contributed by atoms with Crippen molar-refractivity contribution in [1.29, 1.82) is 0 Å². The Bertz CT molecular complexity index is 259. The minimum Gasteiger partial charge on any atom is -0.469 e. The van der Waals surface area contributed by atoms with Gasteiger partial charge in [0.1, 0.15) is 0 Å². The minimum atomic E-state index is -0.416. The smallest absolute Gasteiger partial charge is 0.309 e. The topological polar surface area (TPSA) is 35.5 Å². The SMILES string of the molecule is COC(=O)[C@@H]1[C@@H](C)[C@H](OC)C[C@H]1C(C)(C)Cl. The first-order valence-electron chi connectivity index (χ1n) is 5.62. The van der Waals surface area contributed by atoms with Crippen molar-refractivity contribution >= 4 is 17.6 Å². The van der Waals surface area contributed by atoms with Gasteiger partial charge in [-0.25, -0.2) is 0 Å². The van der Waals surface area contributed by atoms with Crippen LogP contribution in [0.1, 0.15) is 27.2 Å². The number of methoxy groups -OCH3 is 2. The van der Waals surface area contributed by atoms with Crippen LogP contribution in [-0.2, 0) is 14.3 Å². The number of carbonyl (C=O) groups excluding carboxylic acids is 1. The molecule has 1 rings (SSSR count). The van der Waals surface area contributed by atoms with Gasteiger partial charge < -0.3 is 9.47 Å². The van der Waals surface area contributed by atoms with Crippen molar-refractivity contribution in [3.8, 4) is 0 Å². The molecular weight excluding hydrogens is 228 g/mol. The average Bonchev–Trinajstić information content (AvgIpc) is 2.54. The first-order chi connectivity index (χ1) is 7.32. The highest BCUT2D eigenvalue weighted by Gasteiger charge is 2.50. The summed E-state index contributed by atoms with van der Waals surface area (Å²) < 4.78 is 10.3. The first-order valence-corrected chi connectivity index (χ1v) is 6.00. The summed E-state index contributed by atoms with van der Waals surface area (Å²) in [7, 11) is 3.10. The summed E-state index contributed by atoms with van der Waals surface area (Å²) in [6.07, 6.45) is 0.903. The number of alkyl halides is 1. The Morgan fingerprint density at radius 2 is 1.94 bits per heavy atom. The Morgan fingerprint density at radius 1 is 1.38 bits per heavy atom. The molecule has 4 atom stereocenters. The summed E-state index contributed by atoms with van der Waals surface area (Å²) in [5.74, 6) is -0.0877. The molecule has 1 saturated carbocycles. The van der Waals surface area contributed by atoms with E-state index in [0.717, 1.165) is 6.42 Å². The van der Waals surface area contributed by atoms with Crippen molar-refractivity contribution in [2.75, 3.05) is 14.2 Å². The number of esters is 1. The lowest BCUT2D eigenvalue weighted by molar-refractivity contribution is -0.149. The van der Waals surface area contributed by atoms with Crippen molar-refractivity contribution in [3.63, 3.8) is 0 Å². The molecule has 0 amide bonds. The van der Waals surface area contributed by atoms with Crippen molar-refractivity contribution in [3.05, 3.63) is 0 Å². The van der Waals surface area contributed by atoms with E-state index < -0.39 is 4.87 Å². The van der Waals surface area contributed by atoms with Gasteiger partial charge in [-0.05, 0) is 32.1 Å². The molecule has 1 aliphatic carbocycles. The fourth-order valence-electron chi connectivity index (χ4n) is 2.74.